The van der Waals surface area contributed by atoms with E-state index in [-0.39, 0.29) is 24.8 Å². The molecule has 0 unspecified atom stereocenters. The van der Waals surface area contributed by atoms with E-state index in [0.717, 1.165) is 0 Å². The van der Waals surface area contributed by atoms with E-state index in [9.17, 15) is 19.2 Å². The normalized spacial score (nSPS) is 23.5. The first kappa shape index (κ1) is 16.9. The minimum atomic E-state index is -0.898. The third-order valence-electron chi connectivity index (χ3n) is 4.45. The minimum Gasteiger partial charge on any atom is -0.368 e. The van der Waals surface area contributed by atoms with E-state index < -0.39 is 29.9 Å². The molecule has 25 heavy (non-hydrogen) atoms. The summed E-state index contributed by atoms with van der Waals surface area (Å²) in [6.45, 7) is 0.540. The molecule has 2 aliphatic rings. The van der Waals surface area contributed by atoms with Gasteiger partial charge in [-0.15, -0.1) is 0 Å². The standard InChI is InChI=1S/C15H20N6O4/c16-13(23)11-3-1-6-21(11)15(25)10(8-20-5-2-4-17-20)19-14(24)9-7-12(22)18-9/h2,4-5,9-11H,1,3,6-8H2,(H2,16,23)(H,18,22)(H,19,24)/t9-,10-,11-/m0/s1. The van der Waals surface area contributed by atoms with Gasteiger partial charge in [-0.25, -0.2) is 0 Å². The molecule has 0 aromatic carbocycles. The van der Waals surface area contributed by atoms with Crippen LogP contribution in [0.1, 0.15) is 19.3 Å². The van der Waals surface area contributed by atoms with Crippen molar-refractivity contribution in [2.45, 2.75) is 43.9 Å². The maximum Gasteiger partial charge on any atom is 0.247 e. The lowest BCUT2D eigenvalue weighted by Gasteiger charge is -2.31. The van der Waals surface area contributed by atoms with Crippen LogP contribution >= 0.6 is 0 Å². The van der Waals surface area contributed by atoms with Gasteiger partial charge in [0.25, 0.3) is 0 Å². The highest BCUT2D eigenvalue weighted by atomic mass is 16.2. The van der Waals surface area contributed by atoms with Crippen LogP contribution in [0.5, 0.6) is 0 Å². The van der Waals surface area contributed by atoms with Crippen molar-refractivity contribution in [1.29, 1.82) is 0 Å². The van der Waals surface area contributed by atoms with Gasteiger partial charge >= 0.3 is 0 Å². The van der Waals surface area contributed by atoms with Crippen LogP contribution in [0.4, 0.5) is 0 Å². The van der Waals surface area contributed by atoms with Crippen LogP contribution < -0.4 is 16.4 Å². The molecule has 4 amide bonds. The van der Waals surface area contributed by atoms with Crippen molar-refractivity contribution in [2.24, 2.45) is 5.73 Å². The monoisotopic (exact) mass is 348 g/mol. The fourth-order valence-corrected chi connectivity index (χ4v) is 3.10. The Morgan fingerprint density at radius 2 is 2.20 bits per heavy atom. The predicted molar refractivity (Wildman–Crippen MR) is 84.6 cm³/mol. The number of amides is 4. The molecule has 0 radical (unpaired) electrons. The molecule has 10 heteroatoms. The topological polar surface area (TPSA) is 139 Å². The van der Waals surface area contributed by atoms with Gasteiger partial charge in [0.1, 0.15) is 18.1 Å². The Bertz CT molecular complexity index is 680. The van der Waals surface area contributed by atoms with Gasteiger partial charge in [0.05, 0.1) is 13.0 Å². The number of nitrogens with one attached hydrogen (secondary N) is 2. The molecule has 0 saturated carbocycles. The molecule has 1 aromatic rings. The molecule has 3 atom stereocenters. The van der Waals surface area contributed by atoms with E-state index in [2.05, 4.69) is 15.7 Å². The summed E-state index contributed by atoms with van der Waals surface area (Å²) in [5.74, 6) is -1.57. The van der Waals surface area contributed by atoms with E-state index in [4.69, 9.17) is 5.73 Å². The first-order valence-electron chi connectivity index (χ1n) is 8.12. The van der Waals surface area contributed by atoms with Crippen LogP contribution in [0.2, 0.25) is 0 Å². The fraction of sp³-hybridized carbons (Fsp3) is 0.533. The van der Waals surface area contributed by atoms with E-state index in [1.807, 2.05) is 0 Å². The highest BCUT2D eigenvalue weighted by Crippen LogP contribution is 2.18. The number of carbonyl (C=O) groups is 4. The van der Waals surface area contributed by atoms with Gasteiger partial charge in [0.15, 0.2) is 0 Å². The Kier molecular flexibility index (Phi) is 4.68. The van der Waals surface area contributed by atoms with Gasteiger partial charge in [-0.2, -0.15) is 5.10 Å². The van der Waals surface area contributed by atoms with Crippen molar-refractivity contribution in [1.82, 2.24) is 25.3 Å². The van der Waals surface area contributed by atoms with Crippen molar-refractivity contribution in [3.8, 4) is 0 Å². The van der Waals surface area contributed by atoms with Gasteiger partial charge < -0.3 is 21.3 Å². The van der Waals surface area contributed by atoms with Crippen LogP contribution in [0, 0.1) is 0 Å². The van der Waals surface area contributed by atoms with Gasteiger partial charge in [-0.05, 0) is 18.9 Å². The summed E-state index contributed by atoms with van der Waals surface area (Å²) < 4.78 is 1.53. The molecule has 3 heterocycles. The number of rotatable bonds is 6. The smallest absolute Gasteiger partial charge is 0.247 e. The zero-order chi connectivity index (χ0) is 18.0. The SMILES string of the molecule is NC(=O)[C@@H]1CCCN1C(=O)[C@H](Cn1cccn1)NC(=O)[C@@H]1CC(=O)N1. The highest BCUT2D eigenvalue weighted by Gasteiger charge is 2.39. The lowest BCUT2D eigenvalue weighted by atomic mass is 10.0. The van der Waals surface area contributed by atoms with E-state index >= 15 is 0 Å². The fourth-order valence-electron chi connectivity index (χ4n) is 3.10. The summed E-state index contributed by atoms with van der Waals surface area (Å²) in [6, 6.07) is -0.485. The summed E-state index contributed by atoms with van der Waals surface area (Å²) in [5.41, 5.74) is 5.37. The summed E-state index contributed by atoms with van der Waals surface area (Å²) in [4.78, 5) is 49.1. The zero-order valence-electron chi connectivity index (χ0n) is 13.6. The Hall–Kier alpha value is -2.91. The Balaban J connectivity index is 1.73. The van der Waals surface area contributed by atoms with E-state index in [1.54, 1.807) is 18.5 Å². The van der Waals surface area contributed by atoms with Gasteiger partial charge in [-0.3, -0.25) is 23.9 Å². The molecule has 0 bridgehead atoms. The summed E-state index contributed by atoms with van der Waals surface area (Å²) in [7, 11) is 0. The number of carbonyl (C=O) groups excluding carboxylic acids is 4. The van der Waals surface area contributed by atoms with Crippen LogP contribution in [0.3, 0.4) is 0 Å². The second kappa shape index (κ2) is 6.91. The van der Waals surface area contributed by atoms with Crippen LogP contribution in [-0.2, 0) is 25.7 Å². The molecule has 3 rings (SSSR count). The quantitative estimate of drug-likeness (QED) is 0.498. The largest absolute Gasteiger partial charge is 0.368 e. The van der Waals surface area contributed by atoms with Crippen molar-refractivity contribution in [3.63, 3.8) is 0 Å². The summed E-state index contributed by atoms with van der Waals surface area (Å²) >= 11 is 0. The van der Waals surface area contributed by atoms with Crippen LogP contribution in [0.15, 0.2) is 18.5 Å². The molecule has 0 aliphatic carbocycles. The maximum absolute atomic E-state index is 12.9. The van der Waals surface area contributed by atoms with Crippen LogP contribution in [-0.4, -0.2) is 63.0 Å². The number of likely N-dealkylation sites (tertiary alicyclic amines) is 1. The molecule has 4 N–H and O–H groups in total. The Labute approximate surface area is 143 Å². The molecular weight excluding hydrogens is 328 g/mol. The Morgan fingerprint density at radius 3 is 2.80 bits per heavy atom. The predicted octanol–water partition coefficient (Wildman–Crippen LogP) is -2.27. The third-order valence-corrected chi connectivity index (χ3v) is 4.45. The zero-order valence-corrected chi connectivity index (χ0v) is 13.6. The number of primary amides is 1. The number of hydrogen-bond acceptors (Lipinski definition) is 5. The molecule has 10 nitrogen and oxygen atoms in total. The number of aromatic nitrogens is 2. The highest BCUT2D eigenvalue weighted by molar-refractivity contribution is 5.99. The first-order chi connectivity index (χ1) is 12.0. The van der Waals surface area contributed by atoms with Gasteiger partial charge in [0.2, 0.25) is 23.6 Å². The van der Waals surface area contributed by atoms with Crippen molar-refractivity contribution >= 4 is 23.6 Å². The maximum atomic E-state index is 12.9. The second-order valence-electron chi connectivity index (χ2n) is 6.21. The third kappa shape index (κ3) is 3.62. The average molecular weight is 348 g/mol. The molecule has 2 fully saturated rings. The van der Waals surface area contributed by atoms with Crippen molar-refractivity contribution in [3.05, 3.63) is 18.5 Å². The average Bonchev–Trinajstić information content (AvgIpc) is 3.21. The second-order valence-corrected chi connectivity index (χ2v) is 6.21. The van der Waals surface area contributed by atoms with E-state index in [0.29, 0.717) is 19.4 Å². The lowest BCUT2D eigenvalue weighted by molar-refractivity contribution is -0.143. The first-order valence-corrected chi connectivity index (χ1v) is 8.12. The number of hydrogen-bond donors (Lipinski definition) is 3. The molecule has 2 saturated heterocycles. The molecule has 1 aromatic heterocycles. The lowest BCUT2D eigenvalue weighted by Crippen LogP contribution is -2.61. The number of β-lactam (4-membered cyclic amide) rings is 1. The molecule has 2 aliphatic heterocycles. The van der Waals surface area contributed by atoms with Gasteiger partial charge in [-0.1, -0.05) is 0 Å². The van der Waals surface area contributed by atoms with Crippen molar-refractivity contribution < 1.29 is 19.2 Å². The Morgan fingerprint density at radius 1 is 1.44 bits per heavy atom. The summed E-state index contributed by atoms with van der Waals surface area (Å²) in [5, 5.41) is 9.18. The summed E-state index contributed by atoms with van der Waals surface area (Å²) in [6.07, 6.45) is 4.54. The molecule has 0 spiro atoms. The van der Waals surface area contributed by atoms with E-state index in [1.165, 1.54) is 9.58 Å². The number of nitrogens with two attached hydrogens (primary N) is 1. The van der Waals surface area contributed by atoms with Crippen LogP contribution in [0.25, 0.3) is 0 Å². The van der Waals surface area contributed by atoms with Crippen molar-refractivity contribution in [2.75, 3.05) is 6.54 Å². The molecule has 134 valence electrons. The van der Waals surface area contributed by atoms with Gasteiger partial charge in [0, 0.05) is 18.9 Å². The number of nitrogens with zero attached hydrogens (tertiary/aromatic N) is 3. The minimum absolute atomic E-state index is 0.0993. The molecular formula is C15H20N6O4.